The van der Waals surface area contributed by atoms with E-state index in [-0.39, 0.29) is 6.04 Å². The summed E-state index contributed by atoms with van der Waals surface area (Å²) in [5.41, 5.74) is 6.10. The number of rotatable bonds is 12. The normalized spacial score (nSPS) is 12.8. The lowest BCUT2D eigenvalue weighted by molar-refractivity contribution is 0.425. The molecule has 0 aliphatic heterocycles. The third-order valence-corrected chi connectivity index (χ3v) is 4.25. The molecule has 0 fully saturated rings. The van der Waals surface area contributed by atoms with Crippen LogP contribution in [0.4, 0.5) is 0 Å². The standard InChI is InChI=1S/C17H30BrNO/c1-2-3-4-5-6-7-8-9-10-11-12-15(19)16-13-14-17(18)20-16/h13-15H,2-12,19H2,1H3. The first kappa shape index (κ1) is 17.8. The van der Waals surface area contributed by atoms with Gasteiger partial charge in [0.15, 0.2) is 4.67 Å². The maximum Gasteiger partial charge on any atom is 0.169 e. The zero-order chi connectivity index (χ0) is 14.6. The van der Waals surface area contributed by atoms with Crippen molar-refractivity contribution < 1.29 is 4.42 Å². The monoisotopic (exact) mass is 343 g/mol. The Labute approximate surface area is 132 Å². The molecule has 2 nitrogen and oxygen atoms in total. The SMILES string of the molecule is CCCCCCCCCCCCC(N)c1ccc(Br)o1. The minimum absolute atomic E-state index is 0.0512. The highest BCUT2D eigenvalue weighted by Crippen LogP contribution is 2.23. The van der Waals surface area contributed by atoms with E-state index in [1.54, 1.807) is 0 Å². The second kappa shape index (κ2) is 11.4. The molecule has 1 atom stereocenters. The van der Waals surface area contributed by atoms with Crippen LogP contribution in [0.5, 0.6) is 0 Å². The van der Waals surface area contributed by atoms with Gasteiger partial charge >= 0.3 is 0 Å². The van der Waals surface area contributed by atoms with Gasteiger partial charge in [-0.25, -0.2) is 0 Å². The average molecular weight is 344 g/mol. The molecule has 1 heterocycles. The Balaban J connectivity index is 1.89. The Bertz CT molecular complexity index is 337. The second-order valence-corrected chi connectivity index (χ2v) is 6.50. The van der Waals surface area contributed by atoms with Gasteiger partial charge in [-0.15, -0.1) is 0 Å². The zero-order valence-corrected chi connectivity index (χ0v) is 14.5. The Morgan fingerprint density at radius 3 is 2.00 bits per heavy atom. The van der Waals surface area contributed by atoms with Gasteiger partial charge in [0.25, 0.3) is 0 Å². The fraction of sp³-hybridized carbons (Fsp3) is 0.765. The van der Waals surface area contributed by atoms with Gasteiger partial charge in [0.05, 0.1) is 6.04 Å². The molecule has 0 radical (unpaired) electrons. The molecule has 1 aromatic heterocycles. The van der Waals surface area contributed by atoms with Crippen molar-refractivity contribution in [2.75, 3.05) is 0 Å². The van der Waals surface area contributed by atoms with E-state index in [0.29, 0.717) is 0 Å². The minimum Gasteiger partial charge on any atom is -0.453 e. The number of hydrogen-bond acceptors (Lipinski definition) is 2. The molecule has 0 bridgehead atoms. The number of halogens is 1. The van der Waals surface area contributed by atoms with E-state index in [1.165, 1.54) is 64.2 Å². The summed E-state index contributed by atoms with van der Waals surface area (Å²) in [6.07, 6.45) is 14.7. The maximum atomic E-state index is 6.10. The van der Waals surface area contributed by atoms with Crippen LogP contribution in [0, 0.1) is 0 Å². The van der Waals surface area contributed by atoms with Crippen molar-refractivity contribution in [3.63, 3.8) is 0 Å². The van der Waals surface area contributed by atoms with E-state index in [4.69, 9.17) is 10.2 Å². The molecule has 1 rings (SSSR count). The summed E-state index contributed by atoms with van der Waals surface area (Å²) in [5, 5.41) is 0. The van der Waals surface area contributed by atoms with E-state index in [2.05, 4.69) is 22.9 Å². The molecule has 0 amide bonds. The first-order valence-electron chi connectivity index (χ1n) is 8.25. The largest absolute Gasteiger partial charge is 0.453 e. The summed E-state index contributed by atoms with van der Waals surface area (Å²) < 4.78 is 6.25. The van der Waals surface area contributed by atoms with Crippen molar-refractivity contribution >= 4 is 15.9 Å². The van der Waals surface area contributed by atoms with Gasteiger partial charge in [-0.05, 0) is 34.5 Å². The van der Waals surface area contributed by atoms with Crippen LogP contribution in [-0.4, -0.2) is 0 Å². The number of unbranched alkanes of at least 4 members (excludes halogenated alkanes) is 9. The molecule has 0 saturated heterocycles. The summed E-state index contributed by atoms with van der Waals surface area (Å²) in [5.74, 6) is 0.896. The average Bonchev–Trinajstić information content (AvgIpc) is 2.87. The van der Waals surface area contributed by atoms with Crippen LogP contribution < -0.4 is 5.73 Å². The highest BCUT2D eigenvalue weighted by Gasteiger charge is 2.09. The van der Waals surface area contributed by atoms with Crippen LogP contribution in [0.2, 0.25) is 0 Å². The molecule has 3 heteroatoms. The molecular formula is C17H30BrNO. The highest BCUT2D eigenvalue weighted by molar-refractivity contribution is 9.10. The molecular weight excluding hydrogens is 314 g/mol. The van der Waals surface area contributed by atoms with Crippen LogP contribution in [0.1, 0.15) is 89.4 Å². The van der Waals surface area contributed by atoms with Gasteiger partial charge in [0.2, 0.25) is 0 Å². The Morgan fingerprint density at radius 2 is 1.50 bits per heavy atom. The van der Waals surface area contributed by atoms with E-state index in [1.807, 2.05) is 12.1 Å². The smallest absolute Gasteiger partial charge is 0.169 e. The molecule has 20 heavy (non-hydrogen) atoms. The lowest BCUT2D eigenvalue weighted by atomic mass is 10.0. The van der Waals surface area contributed by atoms with E-state index in [9.17, 15) is 0 Å². The van der Waals surface area contributed by atoms with Gasteiger partial charge < -0.3 is 10.2 Å². The summed E-state index contributed by atoms with van der Waals surface area (Å²) in [6, 6.07) is 3.93. The van der Waals surface area contributed by atoms with E-state index in [0.717, 1.165) is 16.9 Å². The van der Waals surface area contributed by atoms with Crippen molar-refractivity contribution in [2.24, 2.45) is 5.73 Å². The van der Waals surface area contributed by atoms with Crippen LogP contribution in [0.15, 0.2) is 21.2 Å². The Kier molecular flexibility index (Phi) is 10.1. The Hall–Kier alpha value is -0.280. The van der Waals surface area contributed by atoms with Crippen molar-refractivity contribution in [1.29, 1.82) is 0 Å². The molecule has 116 valence electrons. The van der Waals surface area contributed by atoms with Crippen molar-refractivity contribution in [1.82, 2.24) is 0 Å². The molecule has 0 aliphatic rings. The predicted octanol–water partition coefficient (Wildman–Crippen LogP) is 6.35. The molecule has 0 aliphatic carbocycles. The number of hydrogen-bond donors (Lipinski definition) is 1. The predicted molar refractivity (Wildman–Crippen MR) is 89.8 cm³/mol. The van der Waals surface area contributed by atoms with Crippen molar-refractivity contribution in [3.8, 4) is 0 Å². The Morgan fingerprint density at radius 1 is 0.950 bits per heavy atom. The first-order chi connectivity index (χ1) is 9.74. The summed E-state index contributed by atoms with van der Waals surface area (Å²) >= 11 is 3.31. The topological polar surface area (TPSA) is 39.2 Å². The quantitative estimate of drug-likeness (QED) is 0.449. The lowest BCUT2D eigenvalue weighted by Gasteiger charge is -2.08. The summed E-state index contributed by atoms with van der Waals surface area (Å²) in [4.78, 5) is 0. The molecule has 2 N–H and O–H groups in total. The van der Waals surface area contributed by atoms with Crippen LogP contribution >= 0.6 is 15.9 Å². The number of furan rings is 1. The summed E-state index contributed by atoms with van der Waals surface area (Å²) in [6.45, 7) is 2.27. The fourth-order valence-corrected chi connectivity index (χ4v) is 2.84. The van der Waals surface area contributed by atoms with Gasteiger partial charge in [0, 0.05) is 0 Å². The van der Waals surface area contributed by atoms with Crippen molar-refractivity contribution in [3.05, 3.63) is 22.6 Å². The van der Waals surface area contributed by atoms with Crippen molar-refractivity contribution in [2.45, 2.75) is 83.6 Å². The summed E-state index contributed by atoms with van der Waals surface area (Å²) in [7, 11) is 0. The lowest BCUT2D eigenvalue weighted by Crippen LogP contribution is -2.08. The molecule has 0 saturated carbocycles. The zero-order valence-electron chi connectivity index (χ0n) is 12.9. The third kappa shape index (κ3) is 8.11. The number of nitrogens with two attached hydrogens (primary N) is 1. The van der Waals surface area contributed by atoms with Gasteiger partial charge in [-0.3, -0.25) is 0 Å². The van der Waals surface area contributed by atoms with E-state index >= 15 is 0 Å². The highest BCUT2D eigenvalue weighted by atomic mass is 79.9. The van der Waals surface area contributed by atoms with Crippen LogP contribution in [0.3, 0.4) is 0 Å². The molecule has 0 spiro atoms. The molecule has 1 unspecified atom stereocenters. The third-order valence-electron chi connectivity index (χ3n) is 3.83. The van der Waals surface area contributed by atoms with Gasteiger partial charge in [0.1, 0.15) is 5.76 Å². The minimum atomic E-state index is 0.0512. The molecule has 0 aromatic carbocycles. The van der Waals surface area contributed by atoms with Crippen LogP contribution in [0.25, 0.3) is 0 Å². The fourth-order valence-electron chi connectivity index (χ4n) is 2.52. The first-order valence-corrected chi connectivity index (χ1v) is 9.04. The van der Waals surface area contributed by atoms with E-state index < -0.39 is 0 Å². The second-order valence-electron chi connectivity index (χ2n) is 5.72. The maximum absolute atomic E-state index is 6.10. The van der Waals surface area contributed by atoms with Crippen LogP contribution in [-0.2, 0) is 0 Å². The van der Waals surface area contributed by atoms with Gasteiger partial charge in [-0.1, -0.05) is 71.1 Å². The molecule has 1 aromatic rings. The van der Waals surface area contributed by atoms with Gasteiger partial charge in [-0.2, -0.15) is 0 Å².